The summed E-state index contributed by atoms with van der Waals surface area (Å²) in [6, 6.07) is 10.8. The number of carbonyl (C=O) groups excluding carboxylic acids is 2. The van der Waals surface area contributed by atoms with Gasteiger partial charge < -0.3 is 21.7 Å². The van der Waals surface area contributed by atoms with E-state index in [9.17, 15) is 18.4 Å². The van der Waals surface area contributed by atoms with Crippen LogP contribution in [0.5, 0.6) is 0 Å². The van der Waals surface area contributed by atoms with Crippen LogP contribution in [0.4, 0.5) is 20.2 Å². The lowest BCUT2D eigenvalue weighted by Gasteiger charge is -2.34. The maximum Gasteiger partial charge on any atom is 0.247 e. The third kappa shape index (κ3) is 5.92. The van der Waals surface area contributed by atoms with Crippen molar-refractivity contribution in [3.8, 4) is 11.1 Å². The average Bonchev–Trinajstić information content (AvgIpc) is 2.93. The number of nitrogens with zero attached hydrogens (tertiary/aromatic N) is 3. The summed E-state index contributed by atoms with van der Waals surface area (Å²) in [5.74, 6) is -2.58. The van der Waals surface area contributed by atoms with Crippen molar-refractivity contribution in [2.45, 2.75) is 38.6 Å². The minimum atomic E-state index is -0.881. The predicted molar refractivity (Wildman–Crippen MR) is 155 cm³/mol. The molecule has 0 saturated carbocycles. The van der Waals surface area contributed by atoms with Crippen molar-refractivity contribution in [1.29, 1.82) is 0 Å². The first-order valence-corrected chi connectivity index (χ1v) is 13.7. The van der Waals surface area contributed by atoms with Gasteiger partial charge in [0.1, 0.15) is 5.82 Å². The van der Waals surface area contributed by atoms with Crippen LogP contribution in [0, 0.1) is 17.6 Å². The third-order valence-electron chi connectivity index (χ3n) is 7.46. The summed E-state index contributed by atoms with van der Waals surface area (Å²) in [5.41, 5.74) is 14.3. The lowest BCUT2D eigenvalue weighted by atomic mass is 9.92. The van der Waals surface area contributed by atoms with Crippen LogP contribution < -0.4 is 16.8 Å². The van der Waals surface area contributed by atoms with Crippen LogP contribution >= 0.6 is 11.6 Å². The largest absolute Gasteiger partial charge is 0.370 e. The summed E-state index contributed by atoms with van der Waals surface area (Å²) >= 11 is 5.89. The summed E-state index contributed by atoms with van der Waals surface area (Å²) in [7, 11) is 0. The molecule has 0 spiro atoms. The van der Waals surface area contributed by atoms with Gasteiger partial charge in [0, 0.05) is 30.3 Å². The fourth-order valence-electron chi connectivity index (χ4n) is 5.36. The van der Waals surface area contributed by atoms with E-state index < -0.39 is 17.7 Å². The highest BCUT2D eigenvalue weighted by Crippen LogP contribution is 2.38. The number of benzene rings is 2. The molecular formula is C30H29ClF2N6O2. The Morgan fingerprint density at radius 3 is 2.68 bits per heavy atom. The van der Waals surface area contributed by atoms with Crippen LogP contribution in [0.25, 0.3) is 16.7 Å². The van der Waals surface area contributed by atoms with Gasteiger partial charge in [-0.05, 0) is 66.8 Å². The Morgan fingerprint density at radius 2 is 1.93 bits per heavy atom. The molecular weight excluding hydrogens is 550 g/mol. The fourth-order valence-corrected chi connectivity index (χ4v) is 5.51. The number of aliphatic imine (C=N–C) groups is 1. The Morgan fingerprint density at radius 1 is 1.12 bits per heavy atom. The minimum absolute atomic E-state index is 0.101. The van der Waals surface area contributed by atoms with Crippen molar-refractivity contribution in [1.82, 2.24) is 9.88 Å². The molecule has 2 aliphatic heterocycles. The van der Waals surface area contributed by atoms with E-state index in [1.165, 1.54) is 6.08 Å². The molecule has 2 aliphatic rings. The first-order chi connectivity index (χ1) is 19.6. The third-order valence-corrected chi connectivity index (χ3v) is 7.75. The molecule has 3 heterocycles. The maximum atomic E-state index is 14.7. The standard InChI is InChI=1S/C30H29ClF2N6O2/c1-16-3-2-4-25(39-12-10-18(14-26(39)40)27-22(32)8-7-21(31)28(27)33)24-13-17(9-11-36-24)20-6-5-19(37-30(34)35)15-23(20)38-29(16)41/h5-9,11,13-16,25H,2-4,10,12H2,1H3,(H,38,41)(H4,34,35,37)/t16-,25+/m1/s1. The quantitative estimate of drug-likeness (QED) is 0.209. The molecule has 0 fully saturated rings. The number of fused-ring (bicyclic) bond motifs is 4. The van der Waals surface area contributed by atoms with Gasteiger partial charge in [-0.3, -0.25) is 14.6 Å². The van der Waals surface area contributed by atoms with Crippen molar-refractivity contribution >= 4 is 46.3 Å². The van der Waals surface area contributed by atoms with Gasteiger partial charge in [0.05, 0.1) is 33.7 Å². The molecule has 2 amide bonds. The van der Waals surface area contributed by atoms with Crippen LogP contribution in [-0.2, 0) is 9.59 Å². The van der Waals surface area contributed by atoms with E-state index >= 15 is 0 Å². The number of nitrogens with one attached hydrogen (secondary N) is 1. The first kappa shape index (κ1) is 28.2. The number of hydrogen-bond donors (Lipinski definition) is 3. The number of halogens is 3. The van der Waals surface area contributed by atoms with Crippen molar-refractivity contribution < 1.29 is 18.4 Å². The fraction of sp³-hybridized carbons (Fsp3) is 0.267. The van der Waals surface area contributed by atoms with E-state index in [-0.39, 0.29) is 52.8 Å². The van der Waals surface area contributed by atoms with Gasteiger partial charge in [0.25, 0.3) is 0 Å². The van der Waals surface area contributed by atoms with Crippen LogP contribution in [0.3, 0.4) is 0 Å². The van der Waals surface area contributed by atoms with E-state index in [1.807, 2.05) is 25.1 Å². The van der Waals surface area contributed by atoms with E-state index in [1.54, 1.807) is 23.2 Å². The second-order valence-electron chi connectivity index (χ2n) is 10.2. The monoisotopic (exact) mass is 578 g/mol. The first-order valence-electron chi connectivity index (χ1n) is 13.3. The summed E-state index contributed by atoms with van der Waals surface area (Å²) in [6.07, 6.45) is 4.95. The molecule has 3 aromatic rings. The minimum Gasteiger partial charge on any atom is -0.370 e. The van der Waals surface area contributed by atoms with Crippen molar-refractivity contribution in [2.24, 2.45) is 22.4 Å². The lowest BCUT2D eigenvalue weighted by Crippen LogP contribution is -2.38. The molecule has 1 aromatic heterocycles. The Bertz CT molecular complexity index is 1590. The van der Waals surface area contributed by atoms with Gasteiger partial charge in [-0.1, -0.05) is 31.0 Å². The topological polar surface area (TPSA) is 127 Å². The molecule has 0 saturated heterocycles. The predicted octanol–water partition coefficient (Wildman–Crippen LogP) is 5.70. The Hall–Kier alpha value is -4.31. The smallest absolute Gasteiger partial charge is 0.247 e. The lowest BCUT2D eigenvalue weighted by molar-refractivity contribution is -0.129. The maximum absolute atomic E-state index is 14.7. The Labute approximate surface area is 241 Å². The van der Waals surface area contributed by atoms with Crippen LogP contribution in [0.15, 0.2) is 59.7 Å². The molecule has 0 unspecified atom stereocenters. The van der Waals surface area contributed by atoms with Gasteiger partial charge in [-0.15, -0.1) is 0 Å². The normalized spacial score (nSPS) is 19.3. The van der Waals surface area contributed by atoms with Crippen LogP contribution in [0.1, 0.15) is 49.9 Å². The number of rotatable bonds is 3. The summed E-state index contributed by atoms with van der Waals surface area (Å²) < 4.78 is 29.2. The molecule has 41 heavy (non-hydrogen) atoms. The van der Waals surface area contributed by atoms with Crippen LogP contribution in [-0.4, -0.2) is 34.2 Å². The van der Waals surface area contributed by atoms with Gasteiger partial charge in [-0.2, -0.15) is 0 Å². The molecule has 5 rings (SSSR count). The van der Waals surface area contributed by atoms with E-state index in [2.05, 4.69) is 15.3 Å². The number of anilines is 1. The van der Waals surface area contributed by atoms with Crippen molar-refractivity contribution in [3.05, 3.63) is 82.7 Å². The highest BCUT2D eigenvalue weighted by atomic mass is 35.5. The molecule has 2 aromatic carbocycles. The Balaban J connectivity index is 1.54. The second-order valence-corrected chi connectivity index (χ2v) is 10.6. The number of amides is 2. The van der Waals surface area contributed by atoms with Gasteiger partial charge >= 0.3 is 0 Å². The zero-order valence-electron chi connectivity index (χ0n) is 22.3. The van der Waals surface area contributed by atoms with Crippen molar-refractivity contribution in [3.63, 3.8) is 0 Å². The molecule has 11 heteroatoms. The van der Waals surface area contributed by atoms with Crippen LogP contribution in [0.2, 0.25) is 5.02 Å². The molecule has 8 nitrogen and oxygen atoms in total. The zero-order valence-corrected chi connectivity index (χ0v) is 23.1. The Kier molecular flexibility index (Phi) is 8.03. The van der Waals surface area contributed by atoms with Gasteiger partial charge in [-0.25, -0.2) is 13.8 Å². The molecule has 0 radical (unpaired) electrons. The summed E-state index contributed by atoms with van der Waals surface area (Å²) in [4.78, 5) is 36.9. The number of nitrogens with two attached hydrogens (primary N) is 2. The van der Waals surface area contributed by atoms with E-state index in [0.29, 0.717) is 36.3 Å². The average molecular weight is 579 g/mol. The number of pyridine rings is 1. The highest BCUT2D eigenvalue weighted by Gasteiger charge is 2.31. The van der Waals surface area contributed by atoms with Crippen molar-refractivity contribution in [2.75, 3.05) is 11.9 Å². The molecule has 0 aliphatic carbocycles. The van der Waals surface area contributed by atoms with E-state index in [4.69, 9.17) is 23.1 Å². The number of carbonyl (C=O) groups is 2. The zero-order chi connectivity index (χ0) is 29.3. The summed E-state index contributed by atoms with van der Waals surface area (Å²) in [5, 5.41) is 2.81. The molecule has 212 valence electrons. The van der Waals surface area contributed by atoms with E-state index in [0.717, 1.165) is 23.3 Å². The SMILES string of the molecule is C[C@@H]1CCC[C@H](N2CCC(c3c(F)ccc(Cl)c3F)=CC2=O)c2cc(ccn2)-c2ccc(N=C(N)N)cc2NC1=O. The van der Waals surface area contributed by atoms with Gasteiger partial charge in [0.2, 0.25) is 11.8 Å². The number of guanidine groups is 1. The molecule has 5 N–H and O–H groups in total. The van der Waals surface area contributed by atoms with Gasteiger partial charge in [0.15, 0.2) is 11.8 Å². The number of aromatic nitrogens is 1. The number of hydrogen-bond acceptors (Lipinski definition) is 4. The second kappa shape index (κ2) is 11.7. The highest BCUT2D eigenvalue weighted by molar-refractivity contribution is 6.31. The molecule has 2 atom stereocenters. The summed E-state index contributed by atoms with van der Waals surface area (Å²) in [6.45, 7) is 2.09. The molecule has 2 bridgehead atoms.